The van der Waals surface area contributed by atoms with Crippen LogP contribution in [0.3, 0.4) is 0 Å². The van der Waals surface area contributed by atoms with Gasteiger partial charge in [-0.15, -0.1) is 0 Å². The Balaban J connectivity index is 2.46. The lowest BCUT2D eigenvalue weighted by molar-refractivity contribution is -0.167. The number of benzene rings is 1. The molecular formula is C16H11F5N2O4. The van der Waals surface area contributed by atoms with Crippen LogP contribution in [-0.4, -0.2) is 27.7 Å². The third-order valence-corrected chi connectivity index (χ3v) is 4.25. The minimum Gasteiger partial charge on any atom is -0.477 e. The molecule has 27 heavy (non-hydrogen) atoms. The normalized spacial score (nSPS) is 14.4. The van der Waals surface area contributed by atoms with E-state index in [0.717, 1.165) is 13.1 Å². The quantitative estimate of drug-likeness (QED) is 0.789. The van der Waals surface area contributed by atoms with Crippen LogP contribution in [-0.2, 0) is 4.79 Å². The van der Waals surface area contributed by atoms with E-state index in [4.69, 9.17) is 0 Å². The molecule has 1 aromatic heterocycles. The number of hydrogen-bond acceptors (Lipinski definition) is 3. The van der Waals surface area contributed by atoms with Crippen molar-refractivity contribution in [2.45, 2.75) is 32.0 Å². The molecule has 1 saturated carbocycles. The Morgan fingerprint density at radius 1 is 1.22 bits per heavy atom. The molecule has 1 aromatic carbocycles. The van der Waals surface area contributed by atoms with Crippen molar-refractivity contribution in [2.75, 3.05) is 5.32 Å². The van der Waals surface area contributed by atoms with Gasteiger partial charge in [-0.1, -0.05) is 0 Å². The van der Waals surface area contributed by atoms with Crippen molar-refractivity contribution < 1.29 is 36.6 Å². The first-order chi connectivity index (χ1) is 12.4. The van der Waals surface area contributed by atoms with Crippen molar-refractivity contribution >= 4 is 28.5 Å². The number of nitrogens with one attached hydrogen (secondary N) is 1. The zero-order valence-corrected chi connectivity index (χ0v) is 13.6. The van der Waals surface area contributed by atoms with Gasteiger partial charge in [0.05, 0.1) is 16.6 Å². The molecule has 0 bridgehead atoms. The molecule has 0 unspecified atom stereocenters. The van der Waals surface area contributed by atoms with Crippen molar-refractivity contribution in [1.29, 1.82) is 0 Å². The van der Waals surface area contributed by atoms with E-state index in [1.54, 1.807) is 0 Å². The average Bonchev–Trinajstić information content (AvgIpc) is 3.40. The van der Waals surface area contributed by atoms with Crippen LogP contribution in [0.2, 0.25) is 0 Å². The highest BCUT2D eigenvalue weighted by Gasteiger charge is 2.40. The molecule has 0 saturated heterocycles. The van der Waals surface area contributed by atoms with Gasteiger partial charge in [0.15, 0.2) is 11.6 Å². The number of carboxylic acids is 1. The highest BCUT2D eigenvalue weighted by molar-refractivity contribution is 6.06. The van der Waals surface area contributed by atoms with E-state index in [0.29, 0.717) is 12.8 Å². The molecule has 144 valence electrons. The predicted octanol–water partition coefficient (Wildman–Crippen LogP) is 3.12. The average molecular weight is 390 g/mol. The Bertz CT molecular complexity index is 1050. The second kappa shape index (κ2) is 6.03. The summed E-state index contributed by atoms with van der Waals surface area (Å²) in [5.74, 6) is -7.73. The molecule has 0 atom stereocenters. The zero-order valence-electron chi connectivity index (χ0n) is 13.6. The lowest BCUT2D eigenvalue weighted by atomic mass is 10.0. The van der Waals surface area contributed by atoms with Crippen LogP contribution in [0.1, 0.15) is 34.8 Å². The van der Waals surface area contributed by atoms with E-state index in [2.05, 4.69) is 0 Å². The van der Waals surface area contributed by atoms with Gasteiger partial charge in [0.2, 0.25) is 5.43 Å². The van der Waals surface area contributed by atoms with E-state index in [-0.39, 0.29) is 17.1 Å². The molecular weight excluding hydrogens is 379 g/mol. The van der Waals surface area contributed by atoms with E-state index in [1.165, 1.54) is 9.88 Å². The van der Waals surface area contributed by atoms with E-state index in [1.807, 2.05) is 0 Å². The molecule has 0 radical (unpaired) electrons. The second-order valence-corrected chi connectivity index (χ2v) is 6.12. The number of anilines is 1. The standard InChI is InChI=1S/C16H11F5N2O4/c1-5-9(17)10(18)11(22-15(27)16(19,20)21)8-12(5)23(6-2-3-6)4-7(13(8)24)14(25)26/h4,6H,2-3H2,1H3,(H,22,27)(H,25,26). The summed E-state index contributed by atoms with van der Waals surface area (Å²) < 4.78 is 67.6. The van der Waals surface area contributed by atoms with Crippen LogP contribution >= 0.6 is 0 Å². The van der Waals surface area contributed by atoms with Crippen LogP contribution in [0.4, 0.5) is 27.6 Å². The summed E-state index contributed by atoms with van der Waals surface area (Å²) in [7, 11) is 0. The van der Waals surface area contributed by atoms with E-state index >= 15 is 0 Å². The topological polar surface area (TPSA) is 88.4 Å². The number of carbonyl (C=O) groups excluding carboxylic acids is 1. The van der Waals surface area contributed by atoms with Gasteiger partial charge >= 0.3 is 18.1 Å². The summed E-state index contributed by atoms with van der Waals surface area (Å²) in [5, 5.41) is 9.54. The van der Waals surface area contributed by atoms with Crippen molar-refractivity contribution in [2.24, 2.45) is 0 Å². The molecule has 0 aliphatic heterocycles. The number of aromatic carboxylic acids is 1. The van der Waals surface area contributed by atoms with Gasteiger partial charge in [0.1, 0.15) is 5.56 Å². The first-order valence-corrected chi connectivity index (χ1v) is 7.63. The SMILES string of the molecule is Cc1c(F)c(F)c(NC(=O)C(F)(F)F)c2c(=O)c(C(=O)O)cn(C3CC3)c12. The summed E-state index contributed by atoms with van der Waals surface area (Å²) in [6.45, 7) is 1.11. The molecule has 1 heterocycles. The number of fused-ring (bicyclic) bond motifs is 1. The maximum absolute atomic E-state index is 14.3. The Morgan fingerprint density at radius 3 is 2.30 bits per heavy atom. The summed E-state index contributed by atoms with van der Waals surface area (Å²) in [6, 6.07) is -0.319. The van der Waals surface area contributed by atoms with Crippen LogP contribution in [0.25, 0.3) is 10.9 Å². The number of amides is 1. The number of nitrogens with zero attached hydrogens (tertiary/aromatic N) is 1. The number of aromatic nitrogens is 1. The van der Waals surface area contributed by atoms with Crippen molar-refractivity contribution in [3.05, 3.63) is 39.2 Å². The Hall–Kier alpha value is -2.98. The van der Waals surface area contributed by atoms with Gasteiger partial charge in [0, 0.05) is 17.8 Å². The van der Waals surface area contributed by atoms with Gasteiger partial charge in [-0.3, -0.25) is 9.59 Å². The molecule has 3 rings (SSSR count). The predicted molar refractivity (Wildman–Crippen MR) is 82.8 cm³/mol. The molecule has 1 aliphatic carbocycles. The van der Waals surface area contributed by atoms with Gasteiger partial charge in [-0.2, -0.15) is 13.2 Å². The number of carbonyl (C=O) groups is 2. The fraction of sp³-hybridized carbons (Fsp3) is 0.312. The summed E-state index contributed by atoms with van der Waals surface area (Å²) in [4.78, 5) is 35.1. The van der Waals surface area contributed by atoms with Gasteiger partial charge in [0.25, 0.3) is 0 Å². The molecule has 1 aliphatic rings. The van der Waals surface area contributed by atoms with Crippen molar-refractivity contribution in [3.63, 3.8) is 0 Å². The number of rotatable bonds is 3. The maximum atomic E-state index is 14.3. The van der Waals surface area contributed by atoms with Crippen LogP contribution < -0.4 is 10.7 Å². The Kier molecular flexibility index (Phi) is 4.20. The molecule has 1 fully saturated rings. The number of halogens is 5. The van der Waals surface area contributed by atoms with Gasteiger partial charge in [-0.05, 0) is 19.8 Å². The van der Waals surface area contributed by atoms with Gasteiger partial charge in [-0.25, -0.2) is 13.6 Å². The minimum absolute atomic E-state index is 0.260. The Morgan fingerprint density at radius 2 is 1.81 bits per heavy atom. The number of carboxylic acid groups (broad SMARTS) is 1. The highest BCUT2D eigenvalue weighted by atomic mass is 19.4. The third kappa shape index (κ3) is 3.02. The third-order valence-electron chi connectivity index (χ3n) is 4.25. The zero-order chi connectivity index (χ0) is 20.3. The Labute approximate surface area is 147 Å². The number of alkyl halides is 3. The molecule has 2 aromatic rings. The summed E-state index contributed by atoms with van der Waals surface area (Å²) in [5.41, 5.74) is -4.13. The van der Waals surface area contributed by atoms with Gasteiger partial charge < -0.3 is 15.0 Å². The largest absolute Gasteiger partial charge is 0.477 e. The van der Waals surface area contributed by atoms with Crippen LogP contribution in [0, 0.1) is 18.6 Å². The van der Waals surface area contributed by atoms with E-state index < -0.39 is 51.8 Å². The first-order valence-electron chi connectivity index (χ1n) is 7.63. The number of hydrogen-bond donors (Lipinski definition) is 2. The molecule has 2 N–H and O–H groups in total. The fourth-order valence-electron chi connectivity index (χ4n) is 2.83. The van der Waals surface area contributed by atoms with Crippen LogP contribution in [0.5, 0.6) is 0 Å². The number of aryl methyl sites for hydroxylation is 1. The van der Waals surface area contributed by atoms with Crippen LogP contribution in [0.15, 0.2) is 11.0 Å². The first kappa shape index (κ1) is 18.8. The summed E-state index contributed by atoms with van der Waals surface area (Å²) in [6.07, 6.45) is -3.37. The molecule has 6 nitrogen and oxygen atoms in total. The highest BCUT2D eigenvalue weighted by Crippen LogP contribution is 2.40. The molecule has 0 spiro atoms. The van der Waals surface area contributed by atoms with E-state index in [9.17, 15) is 41.4 Å². The monoisotopic (exact) mass is 390 g/mol. The van der Waals surface area contributed by atoms with Crippen molar-refractivity contribution in [1.82, 2.24) is 4.57 Å². The lowest BCUT2D eigenvalue weighted by Crippen LogP contribution is -2.31. The van der Waals surface area contributed by atoms with Crippen molar-refractivity contribution in [3.8, 4) is 0 Å². The molecule has 11 heteroatoms. The minimum atomic E-state index is -5.43. The molecule has 1 amide bonds. The lowest BCUT2D eigenvalue weighted by Gasteiger charge is -2.18. The second-order valence-electron chi connectivity index (χ2n) is 6.12. The summed E-state index contributed by atoms with van der Waals surface area (Å²) >= 11 is 0. The smallest absolute Gasteiger partial charge is 0.471 e. The maximum Gasteiger partial charge on any atom is 0.471 e. The number of pyridine rings is 1. The fourth-order valence-corrected chi connectivity index (χ4v) is 2.83.